The van der Waals surface area contributed by atoms with Crippen molar-refractivity contribution in [2.75, 3.05) is 13.7 Å². The summed E-state index contributed by atoms with van der Waals surface area (Å²) in [6.07, 6.45) is 0. The van der Waals surface area contributed by atoms with Crippen LogP contribution in [0.1, 0.15) is 17.2 Å². The number of hydrogen-bond donors (Lipinski definition) is 2. The van der Waals surface area contributed by atoms with E-state index < -0.39 is 0 Å². The number of methoxy groups -OCH3 is 1. The van der Waals surface area contributed by atoms with Crippen LogP contribution in [0.2, 0.25) is 0 Å². The first-order chi connectivity index (χ1) is 6.17. The molecule has 72 valence electrons. The second kappa shape index (κ2) is 4.25. The third kappa shape index (κ3) is 2.44. The van der Waals surface area contributed by atoms with Crippen molar-refractivity contribution in [3.05, 3.63) is 29.3 Å². The Kier molecular flexibility index (Phi) is 3.28. The molecule has 0 radical (unpaired) electrons. The van der Waals surface area contributed by atoms with E-state index in [1.165, 1.54) is 0 Å². The van der Waals surface area contributed by atoms with E-state index >= 15 is 0 Å². The van der Waals surface area contributed by atoms with Gasteiger partial charge < -0.3 is 16.2 Å². The molecular formula is C10H16N2O. The Morgan fingerprint density at radius 3 is 2.62 bits per heavy atom. The quantitative estimate of drug-likeness (QED) is 0.728. The molecule has 0 saturated heterocycles. The summed E-state index contributed by atoms with van der Waals surface area (Å²) in [4.78, 5) is 0. The summed E-state index contributed by atoms with van der Waals surface area (Å²) in [5.74, 6) is 0.832. The van der Waals surface area contributed by atoms with Crippen LogP contribution in [0, 0.1) is 6.92 Å². The summed E-state index contributed by atoms with van der Waals surface area (Å²) >= 11 is 0. The van der Waals surface area contributed by atoms with Crippen molar-refractivity contribution in [2.24, 2.45) is 11.5 Å². The molecule has 0 saturated carbocycles. The van der Waals surface area contributed by atoms with Crippen molar-refractivity contribution in [3.8, 4) is 5.75 Å². The Balaban J connectivity index is 3.01. The van der Waals surface area contributed by atoms with Gasteiger partial charge in [-0.1, -0.05) is 6.07 Å². The highest BCUT2D eigenvalue weighted by Gasteiger charge is 2.05. The van der Waals surface area contributed by atoms with E-state index in [0.29, 0.717) is 6.54 Å². The van der Waals surface area contributed by atoms with Crippen LogP contribution < -0.4 is 16.2 Å². The molecule has 1 rings (SSSR count). The number of nitrogens with two attached hydrogens (primary N) is 2. The van der Waals surface area contributed by atoms with Crippen molar-refractivity contribution in [1.29, 1.82) is 0 Å². The summed E-state index contributed by atoms with van der Waals surface area (Å²) < 4.78 is 5.13. The molecule has 0 aromatic heterocycles. The molecule has 3 heteroatoms. The van der Waals surface area contributed by atoms with Gasteiger partial charge in [-0.15, -0.1) is 0 Å². The first-order valence-corrected chi connectivity index (χ1v) is 4.28. The predicted octanol–water partition coefficient (Wildman–Crippen LogP) is 0.962. The SMILES string of the molecule is COc1cc(C)cc([C@H](N)CN)c1. The Morgan fingerprint density at radius 2 is 2.08 bits per heavy atom. The van der Waals surface area contributed by atoms with Gasteiger partial charge in [0, 0.05) is 12.6 Å². The van der Waals surface area contributed by atoms with Gasteiger partial charge in [0.15, 0.2) is 0 Å². The highest BCUT2D eigenvalue weighted by molar-refractivity contribution is 5.35. The van der Waals surface area contributed by atoms with Gasteiger partial charge in [-0.05, 0) is 30.2 Å². The molecule has 0 fully saturated rings. The second-order valence-electron chi connectivity index (χ2n) is 3.13. The van der Waals surface area contributed by atoms with E-state index in [1.807, 2.05) is 25.1 Å². The van der Waals surface area contributed by atoms with E-state index in [4.69, 9.17) is 16.2 Å². The van der Waals surface area contributed by atoms with Crippen LogP contribution in [-0.2, 0) is 0 Å². The lowest BCUT2D eigenvalue weighted by Gasteiger charge is -2.11. The van der Waals surface area contributed by atoms with Crippen LogP contribution in [0.4, 0.5) is 0 Å². The maximum absolute atomic E-state index is 5.81. The van der Waals surface area contributed by atoms with Gasteiger partial charge in [0.25, 0.3) is 0 Å². The van der Waals surface area contributed by atoms with Crippen LogP contribution in [0.5, 0.6) is 5.75 Å². The average Bonchev–Trinajstić information content (AvgIpc) is 2.15. The van der Waals surface area contributed by atoms with Gasteiger partial charge in [0.05, 0.1) is 7.11 Å². The molecule has 0 amide bonds. The van der Waals surface area contributed by atoms with Crippen LogP contribution in [0.25, 0.3) is 0 Å². The Morgan fingerprint density at radius 1 is 1.38 bits per heavy atom. The molecule has 0 spiro atoms. The van der Waals surface area contributed by atoms with E-state index in [1.54, 1.807) is 7.11 Å². The minimum Gasteiger partial charge on any atom is -0.497 e. The number of rotatable bonds is 3. The number of benzene rings is 1. The zero-order chi connectivity index (χ0) is 9.84. The van der Waals surface area contributed by atoms with E-state index in [2.05, 4.69) is 0 Å². The molecule has 3 nitrogen and oxygen atoms in total. The van der Waals surface area contributed by atoms with Gasteiger partial charge in [-0.2, -0.15) is 0 Å². The molecule has 0 aliphatic rings. The molecule has 0 heterocycles. The van der Waals surface area contributed by atoms with Gasteiger partial charge >= 0.3 is 0 Å². The minimum absolute atomic E-state index is 0.103. The van der Waals surface area contributed by atoms with E-state index in [9.17, 15) is 0 Å². The van der Waals surface area contributed by atoms with Crippen molar-refractivity contribution in [2.45, 2.75) is 13.0 Å². The minimum atomic E-state index is -0.103. The molecule has 1 aromatic rings. The van der Waals surface area contributed by atoms with Gasteiger partial charge in [-0.3, -0.25) is 0 Å². The van der Waals surface area contributed by atoms with E-state index in [-0.39, 0.29) is 6.04 Å². The highest BCUT2D eigenvalue weighted by atomic mass is 16.5. The number of ether oxygens (including phenoxy) is 1. The molecule has 0 aliphatic carbocycles. The summed E-state index contributed by atoms with van der Waals surface area (Å²) in [7, 11) is 1.65. The Hall–Kier alpha value is -1.06. The van der Waals surface area contributed by atoms with Crippen molar-refractivity contribution in [1.82, 2.24) is 0 Å². The third-order valence-electron chi connectivity index (χ3n) is 1.99. The van der Waals surface area contributed by atoms with Crippen molar-refractivity contribution >= 4 is 0 Å². The number of hydrogen-bond acceptors (Lipinski definition) is 3. The smallest absolute Gasteiger partial charge is 0.119 e. The summed E-state index contributed by atoms with van der Waals surface area (Å²) in [5, 5.41) is 0. The van der Waals surface area contributed by atoms with Crippen molar-refractivity contribution < 1.29 is 4.74 Å². The predicted molar refractivity (Wildman–Crippen MR) is 53.7 cm³/mol. The van der Waals surface area contributed by atoms with Crippen LogP contribution in [0.3, 0.4) is 0 Å². The van der Waals surface area contributed by atoms with Crippen LogP contribution in [-0.4, -0.2) is 13.7 Å². The molecule has 4 N–H and O–H groups in total. The van der Waals surface area contributed by atoms with Crippen LogP contribution in [0.15, 0.2) is 18.2 Å². The van der Waals surface area contributed by atoms with Crippen LogP contribution >= 0.6 is 0 Å². The highest BCUT2D eigenvalue weighted by Crippen LogP contribution is 2.19. The molecule has 0 unspecified atom stereocenters. The normalized spacial score (nSPS) is 12.6. The van der Waals surface area contributed by atoms with E-state index in [0.717, 1.165) is 16.9 Å². The lowest BCUT2D eigenvalue weighted by atomic mass is 10.0. The standard InChI is InChI=1S/C10H16N2O/c1-7-3-8(10(12)6-11)5-9(4-7)13-2/h3-5,10H,6,11-12H2,1-2H3/t10-/m1/s1. The number of aryl methyl sites for hydroxylation is 1. The maximum Gasteiger partial charge on any atom is 0.119 e. The monoisotopic (exact) mass is 180 g/mol. The molecule has 0 bridgehead atoms. The summed E-state index contributed by atoms with van der Waals surface area (Å²) in [6, 6.07) is 5.81. The van der Waals surface area contributed by atoms with Gasteiger partial charge in [0.1, 0.15) is 5.75 Å². The maximum atomic E-state index is 5.81. The third-order valence-corrected chi connectivity index (χ3v) is 1.99. The Bertz CT molecular complexity index is 286. The lowest BCUT2D eigenvalue weighted by Crippen LogP contribution is -2.20. The zero-order valence-corrected chi connectivity index (χ0v) is 8.08. The zero-order valence-electron chi connectivity index (χ0n) is 8.08. The fourth-order valence-electron chi connectivity index (χ4n) is 1.24. The summed E-state index contributed by atoms with van der Waals surface area (Å²) in [6.45, 7) is 2.46. The second-order valence-corrected chi connectivity index (χ2v) is 3.13. The van der Waals surface area contributed by atoms with Gasteiger partial charge in [-0.25, -0.2) is 0 Å². The molecule has 1 atom stereocenters. The first-order valence-electron chi connectivity index (χ1n) is 4.28. The molecule has 0 aliphatic heterocycles. The fraction of sp³-hybridized carbons (Fsp3) is 0.400. The average molecular weight is 180 g/mol. The molecule has 1 aromatic carbocycles. The fourth-order valence-corrected chi connectivity index (χ4v) is 1.24. The van der Waals surface area contributed by atoms with Gasteiger partial charge in [0.2, 0.25) is 0 Å². The van der Waals surface area contributed by atoms with Crippen molar-refractivity contribution in [3.63, 3.8) is 0 Å². The first kappa shape index (κ1) is 10.0. The Labute approximate surface area is 78.7 Å². The largest absolute Gasteiger partial charge is 0.497 e. The summed E-state index contributed by atoms with van der Waals surface area (Å²) in [5.41, 5.74) is 13.5. The molecular weight excluding hydrogens is 164 g/mol. The molecule has 13 heavy (non-hydrogen) atoms. The lowest BCUT2D eigenvalue weighted by molar-refractivity contribution is 0.413. The topological polar surface area (TPSA) is 61.3 Å².